The second kappa shape index (κ2) is 6.96. The molecule has 0 aromatic heterocycles. The highest BCUT2D eigenvalue weighted by atomic mass is 16.2. The normalized spacial score (nSPS) is 16.7. The van der Waals surface area contributed by atoms with E-state index in [1.165, 1.54) is 0 Å². The van der Waals surface area contributed by atoms with Gasteiger partial charge in [-0.25, -0.2) is 4.79 Å². The molecule has 1 aliphatic heterocycles. The first-order valence-electron chi connectivity index (χ1n) is 7.66. The standard InChI is InChI=1S/C18H19N3O2/c22-17(16-12-20-18(23)21-16)19-11-15(13-7-3-1-4-8-13)14-9-5-2-6-10-14/h1-10,15-16H,11-12H2,(H,19,22)(H2,20,21,23)/t16-/m1/s1. The zero-order chi connectivity index (χ0) is 16.1. The van der Waals surface area contributed by atoms with E-state index in [0.717, 1.165) is 11.1 Å². The predicted octanol–water partition coefficient (Wildman–Crippen LogP) is 1.62. The summed E-state index contributed by atoms with van der Waals surface area (Å²) in [5, 5.41) is 8.13. The molecule has 1 heterocycles. The van der Waals surface area contributed by atoms with Gasteiger partial charge in [0.2, 0.25) is 5.91 Å². The van der Waals surface area contributed by atoms with E-state index in [4.69, 9.17) is 0 Å². The Balaban J connectivity index is 1.72. The van der Waals surface area contributed by atoms with Crippen LogP contribution in [0.15, 0.2) is 60.7 Å². The van der Waals surface area contributed by atoms with Gasteiger partial charge in [-0.05, 0) is 11.1 Å². The highest BCUT2D eigenvalue weighted by Gasteiger charge is 2.27. The zero-order valence-electron chi connectivity index (χ0n) is 12.7. The number of rotatable bonds is 5. The van der Waals surface area contributed by atoms with Gasteiger partial charge in [0, 0.05) is 19.0 Å². The molecule has 1 saturated heterocycles. The van der Waals surface area contributed by atoms with Crippen molar-refractivity contribution >= 4 is 11.9 Å². The zero-order valence-corrected chi connectivity index (χ0v) is 12.7. The van der Waals surface area contributed by atoms with Gasteiger partial charge in [-0.1, -0.05) is 60.7 Å². The topological polar surface area (TPSA) is 70.2 Å². The maximum atomic E-state index is 12.2. The van der Waals surface area contributed by atoms with E-state index in [1.807, 2.05) is 36.4 Å². The maximum Gasteiger partial charge on any atom is 0.315 e. The molecule has 3 amide bonds. The van der Waals surface area contributed by atoms with Crippen molar-refractivity contribution in [1.82, 2.24) is 16.0 Å². The Kier molecular flexibility index (Phi) is 4.57. The van der Waals surface area contributed by atoms with Crippen LogP contribution < -0.4 is 16.0 Å². The number of hydrogen-bond donors (Lipinski definition) is 3. The summed E-state index contributed by atoms with van der Waals surface area (Å²) in [6, 6.07) is 19.4. The minimum atomic E-state index is -0.505. The Labute approximate surface area is 135 Å². The van der Waals surface area contributed by atoms with E-state index in [1.54, 1.807) is 0 Å². The number of benzene rings is 2. The number of carbonyl (C=O) groups is 2. The van der Waals surface area contributed by atoms with Gasteiger partial charge in [-0.15, -0.1) is 0 Å². The molecule has 1 fully saturated rings. The number of carbonyl (C=O) groups excluding carboxylic acids is 2. The first kappa shape index (κ1) is 15.1. The molecule has 23 heavy (non-hydrogen) atoms. The molecule has 0 aliphatic carbocycles. The van der Waals surface area contributed by atoms with Crippen LogP contribution in [-0.4, -0.2) is 31.1 Å². The summed E-state index contributed by atoms with van der Waals surface area (Å²) in [4.78, 5) is 23.3. The van der Waals surface area contributed by atoms with E-state index >= 15 is 0 Å². The van der Waals surface area contributed by atoms with E-state index in [9.17, 15) is 9.59 Å². The molecule has 2 aromatic rings. The molecule has 0 spiro atoms. The van der Waals surface area contributed by atoms with Crippen molar-refractivity contribution in [1.29, 1.82) is 0 Å². The maximum absolute atomic E-state index is 12.2. The largest absolute Gasteiger partial charge is 0.353 e. The van der Waals surface area contributed by atoms with Gasteiger partial charge in [-0.2, -0.15) is 0 Å². The summed E-state index contributed by atoms with van der Waals surface area (Å²) in [6.45, 7) is 0.811. The fraction of sp³-hybridized carbons (Fsp3) is 0.222. The number of amides is 3. The molecule has 0 unspecified atom stereocenters. The second-order valence-corrected chi connectivity index (χ2v) is 5.53. The Morgan fingerprint density at radius 1 is 1.04 bits per heavy atom. The Hall–Kier alpha value is -2.82. The summed E-state index contributed by atoms with van der Waals surface area (Å²) < 4.78 is 0. The molecular weight excluding hydrogens is 290 g/mol. The number of nitrogens with one attached hydrogen (secondary N) is 3. The number of hydrogen-bond acceptors (Lipinski definition) is 2. The van der Waals surface area contributed by atoms with E-state index in [-0.39, 0.29) is 17.9 Å². The van der Waals surface area contributed by atoms with Crippen LogP contribution >= 0.6 is 0 Å². The third-order valence-electron chi connectivity index (χ3n) is 3.97. The minimum absolute atomic E-state index is 0.0754. The highest BCUT2D eigenvalue weighted by molar-refractivity contribution is 5.90. The van der Waals surface area contributed by atoms with Crippen molar-refractivity contribution in [3.8, 4) is 0 Å². The van der Waals surface area contributed by atoms with Crippen molar-refractivity contribution in [3.63, 3.8) is 0 Å². The summed E-state index contributed by atoms with van der Waals surface area (Å²) in [7, 11) is 0. The molecule has 3 rings (SSSR count). The summed E-state index contributed by atoms with van der Waals surface area (Å²) >= 11 is 0. The average Bonchev–Trinajstić information content (AvgIpc) is 3.03. The van der Waals surface area contributed by atoms with Crippen LogP contribution in [-0.2, 0) is 4.79 Å². The molecule has 5 heteroatoms. The molecule has 3 N–H and O–H groups in total. The van der Waals surface area contributed by atoms with Gasteiger partial charge in [0.25, 0.3) is 0 Å². The van der Waals surface area contributed by atoms with Crippen LogP contribution in [0.3, 0.4) is 0 Å². The monoisotopic (exact) mass is 309 g/mol. The van der Waals surface area contributed by atoms with Gasteiger partial charge >= 0.3 is 6.03 Å². The van der Waals surface area contributed by atoms with E-state index in [0.29, 0.717) is 13.1 Å². The second-order valence-electron chi connectivity index (χ2n) is 5.53. The average molecular weight is 309 g/mol. The minimum Gasteiger partial charge on any atom is -0.353 e. The third kappa shape index (κ3) is 3.69. The Bertz CT molecular complexity index is 634. The van der Waals surface area contributed by atoms with Gasteiger partial charge in [0.05, 0.1) is 0 Å². The number of urea groups is 1. The smallest absolute Gasteiger partial charge is 0.315 e. The summed E-state index contributed by atoms with van der Waals surface area (Å²) in [6.07, 6.45) is 0. The Morgan fingerprint density at radius 3 is 2.09 bits per heavy atom. The molecular formula is C18H19N3O2. The fourth-order valence-electron chi connectivity index (χ4n) is 2.74. The van der Waals surface area contributed by atoms with Gasteiger partial charge in [0.1, 0.15) is 6.04 Å². The summed E-state index contributed by atoms with van der Waals surface area (Å²) in [5.41, 5.74) is 2.29. The predicted molar refractivity (Wildman–Crippen MR) is 88.1 cm³/mol. The van der Waals surface area contributed by atoms with Gasteiger partial charge in [0.15, 0.2) is 0 Å². The quantitative estimate of drug-likeness (QED) is 0.785. The molecule has 118 valence electrons. The Morgan fingerprint density at radius 2 is 1.61 bits per heavy atom. The molecule has 5 nitrogen and oxygen atoms in total. The van der Waals surface area contributed by atoms with Gasteiger partial charge in [-0.3, -0.25) is 4.79 Å². The molecule has 1 atom stereocenters. The molecule has 0 bridgehead atoms. The van der Waals surface area contributed by atoms with E-state index < -0.39 is 6.04 Å². The SMILES string of the molecule is O=C1NC[C@H](C(=O)NCC(c2ccccc2)c2ccccc2)N1. The summed E-state index contributed by atoms with van der Waals surface area (Å²) in [5.74, 6) is -0.0911. The van der Waals surface area contributed by atoms with Crippen molar-refractivity contribution in [2.45, 2.75) is 12.0 Å². The molecule has 2 aromatic carbocycles. The molecule has 0 radical (unpaired) electrons. The first-order valence-corrected chi connectivity index (χ1v) is 7.66. The molecule has 1 aliphatic rings. The van der Waals surface area contributed by atoms with Crippen LogP contribution in [0.2, 0.25) is 0 Å². The van der Waals surface area contributed by atoms with Crippen molar-refractivity contribution in [2.75, 3.05) is 13.1 Å². The first-order chi connectivity index (χ1) is 11.2. The van der Waals surface area contributed by atoms with Crippen LogP contribution in [0.1, 0.15) is 17.0 Å². The van der Waals surface area contributed by atoms with Crippen LogP contribution in [0, 0.1) is 0 Å². The third-order valence-corrected chi connectivity index (χ3v) is 3.97. The fourth-order valence-corrected chi connectivity index (χ4v) is 2.74. The lowest BCUT2D eigenvalue weighted by atomic mass is 9.91. The van der Waals surface area contributed by atoms with Crippen molar-refractivity contribution < 1.29 is 9.59 Å². The van der Waals surface area contributed by atoms with Crippen LogP contribution in [0.5, 0.6) is 0 Å². The van der Waals surface area contributed by atoms with Gasteiger partial charge < -0.3 is 16.0 Å². The molecule has 0 saturated carbocycles. The highest BCUT2D eigenvalue weighted by Crippen LogP contribution is 2.23. The van der Waals surface area contributed by atoms with Crippen molar-refractivity contribution in [3.05, 3.63) is 71.8 Å². The van der Waals surface area contributed by atoms with E-state index in [2.05, 4.69) is 40.2 Å². The van der Waals surface area contributed by atoms with Crippen molar-refractivity contribution in [2.24, 2.45) is 0 Å². The lowest BCUT2D eigenvalue weighted by Crippen LogP contribution is -2.44. The van der Waals surface area contributed by atoms with Crippen LogP contribution in [0.4, 0.5) is 4.79 Å². The lowest BCUT2D eigenvalue weighted by Gasteiger charge is -2.20. The van der Waals surface area contributed by atoms with Crippen LogP contribution in [0.25, 0.3) is 0 Å². The lowest BCUT2D eigenvalue weighted by molar-refractivity contribution is -0.122.